The zero-order chi connectivity index (χ0) is 24.0. The molecule has 3 aromatic carbocycles. The van der Waals surface area contributed by atoms with E-state index in [1.807, 2.05) is 78.9 Å². The molecule has 0 unspecified atom stereocenters. The lowest BCUT2D eigenvalue weighted by molar-refractivity contribution is -0.122. The molecular formula is C30H36N2O2. The fourth-order valence-corrected chi connectivity index (χ4v) is 5.16. The van der Waals surface area contributed by atoms with Crippen LogP contribution in [0.5, 0.6) is 0 Å². The largest absolute Gasteiger partial charge is 0.372 e. The van der Waals surface area contributed by atoms with Crippen LogP contribution in [0, 0.1) is 0 Å². The zero-order valence-electron chi connectivity index (χ0n) is 20.3. The van der Waals surface area contributed by atoms with Crippen molar-refractivity contribution in [1.29, 1.82) is 0 Å². The van der Waals surface area contributed by atoms with E-state index in [9.17, 15) is 4.79 Å². The third kappa shape index (κ3) is 5.24. The normalized spacial score (nSPS) is 17.1. The number of hydrogen-bond acceptors (Lipinski definition) is 3. The first-order chi connectivity index (χ1) is 16.4. The minimum Gasteiger partial charge on any atom is -0.372 e. The van der Waals surface area contributed by atoms with Gasteiger partial charge in [-0.15, -0.1) is 0 Å². The van der Waals surface area contributed by atoms with Crippen LogP contribution >= 0.6 is 0 Å². The van der Waals surface area contributed by atoms with Crippen LogP contribution in [0.25, 0.3) is 0 Å². The van der Waals surface area contributed by atoms with Crippen molar-refractivity contribution >= 4 is 5.91 Å². The van der Waals surface area contributed by atoms with Crippen molar-refractivity contribution < 1.29 is 9.53 Å². The van der Waals surface area contributed by atoms with E-state index in [1.54, 1.807) is 0 Å². The lowest BCUT2D eigenvalue weighted by Crippen LogP contribution is -2.47. The number of ether oxygens (including phenoxy) is 1. The standard InChI is InChI=1S/C30H36N2O2/c1-29(2,32-21-18-27(22-32)34-23-24-12-6-3-7-13-24)19-20-30(28(31)33,25-14-8-4-9-15-25)26-16-10-5-11-17-26/h3-17,27H,18-23H2,1-2H3,(H2,31,33)/t27-/m0/s1. The molecule has 1 aliphatic rings. The molecule has 1 saturated heterocycles. The van der Waals surface area contributed by atoms with Crippen LogP contribution in [-0.2, 0) is 21.6 Å². The molecule has 2 N–H and O–H groups in total. The van der Waals surface area contributed by atoms with Crippen molar-refractivity contribution in [2.24, 2.45) is 5.73 Å². The van der Waals surface area contributed by atoms with Gasteiger partial charge in [-0.3, -0.25) is 9.69 Å². The first kappa shape index (κ1) is 24.2. The second-order valence-corrected chi connectivity index (χ2v) is 9.97. The molecule has 1 atom stereocenters. The van der Waals surface area contributed by atoms with Crippen molar-refractivity contribution in [1.82, 2.24) is 4.90 Å². The molecule has 0 aliphatic carbocycles. The minimum absolute atomic E-state index is 0.0882. The number of benzene rings is 3. The van der Waals surface area contributed by atoms with Crippen LogP contribution in [0.3, 0.4) is 0 Å². The molecule has 0 radical (unpaired) electrons. The fourth-order valence-electron chi connectivity index (χ4n) is 5.16. The summed E-state index contributed by atoms with van der Waals surface area (Å²) in [4.78, 5) is 15.6. The summed E-state index contributed by atoms with van der Waals surface area (Å²) in [6.07, 6.45) is 2.73. The van der Waals surface area contributed by atoms with Gasteiger partial charge in [0.25, 0.3) is 0 Å². The molecule has 1 aliphatic heterocycles. The molecule has 4 heteroatoms. The van der Waals surface area contributed by atoms with Gasteiger partial charge in [-0.05, 0) is 49.8 Å². The van der Waals surface area contributed by atoms with E-state index < -0.39 is 5.41 Å². The van der Waals surface area contributed by atoms with E-state index in [0.29, 0.717) is 13.0 Å². The average molecular weight is 457 g/mol. The molecule has 34 heavy (non-hydrogen) atoms. The SMILES string of the molecule is CC(C)(CCC(C(N)=O)(c1ccccc1)c1ccccc1)N1CC[C@H](OCc2ccccc2)C1. The molecule has 178 valence electrons. The van der Waals surface area contributed by atoms with Gasteiger partial charge in [0.2, 0.25) is 5.91 Å². The predicted octanol–water partition coefficient (Wildman–Crippen LogP) is 5.31. The summed E-state index contributed by atoms with van der Waals surface area (Å²) < 4.78 is 6.22. The average Bonchev–Trinajstić information content (AvgIpc) is 3.35. The molecule has 0 spiro atoms. The molecule has 4 rings (SSSR count). The quantitative estimate of drug-likeness (QED) is 0.450. The Hall–Kier alpha value is -2.95. The number of hydrogen-bond donors (Lipinski definition) is 1. The molecular weight excluding hydrogens is 420 g/mol. The molecule has 0 aromatic heterocycles. The Morgan fingerprint density at radius 3 is 1.94 bits per heavy atom. The molecule has 0 saturated carbocycles. The van der Waals surface area contributed by atoms with Crippen molar-refractivity contribution in [3.05, 3.63) is 108 Å². The number of carbonyl (C=O) groups excluding carboxylic acids is 1. The second-order valence-electron chi connectivity index (χ2n) is 9.97. The number of amides is 1. The Morgan fingerprint density at radius 2 is 1.41 bits per heavy atom. The monoisotopic (exact) mass is 456 g/mol. The van der Waals surface area contributed by atoms with Gasteiger partial charge in [-0.25, -0.2) is 0 Å². The maximum absolute atomic E-state index is 13.1. The Balaban J connectivity index is 1.48. The Labute approximate surface area is 203 Å². The van der Waals surface area contributed by atoms with Gasteiger partial charge in [-0.2, -0.15) is 0 Å². The van der Waals surface area contributed by atoms with Crippen LogP contribution in [0.2, 0.25) is 0 Å². The van der Waals surface area contributed by atoms with Crippen LogP contribution < -0.4 is 5.73 Å². The fraction of sp³-hybridized carbons (Fsp3) is 0.367. The number of nitrogens with zero attached hydrogens (tertiary/aromatic N) is 1. The summed E-state index contributed by atoms with van der Waals surface area (Å²) in [5, 5.41) is 0. The highest BCUT2D eigenvalue weighted by atomic mass is 16.5. The van der Waals surface area contributed by atoms with Gasteiger partial charge in [0, 0.05) is 18.6 Å². The van der Waals surface area contributed by atoms with Crippen LogP contribution in [0.1, 0.15) is 49.8 Å². The summed E-state index contributed by atoms with van der Waals surface area (Å²) in [5.74, 6) is -0.300. The van der Waals surface area contributed by atoms with E-state index >= 15 is 0 Å². The Kier molecular flexibility index (Phi) is 7.50. The van der Waals surface area contributed by atoms with Crippen molar-refractivity contribution in [3.63, 3.8) is 0 Å². The highest BCUT2D eigenvalue weighted by molar-refractivity contribution is 5.90. The van der Waals surface area contributed by atoms with Gasteiger partial charge < -0.3 is 10.5 Å². The van der Waals surface area contributed by atoms with Crippen LogP contribution in [0.15, 0.2) is 91.0 Å². The summed E-state index contributed by atoms with van der Waals surface area (Å²) in [5.41, 5.74) is 8.33. The van der Waals surface area contributed by atoms with Crippen LogP contribution in [-0.4, -0.2) is 35.5 Å². The maximum Gasteiger partial charge on any atom is 0.232 e. The zero-order valence-corrected chi connectivity index (χ0v) is 20.3. The number of rotatable bonds is 10. The summed E-state index contributed by atoms with van der Waals surface area (Å²) >= 11 is 0. The Bertz CT molecular complexity index is 1010. The first-order valence-electron chi connectivity index (χ1n) is 12.2. The third-order valence-corrected chi connectivity index (χ3v) is 7.40. The van der Waals surface area contributed by atoms with Crippen LogP contribution in [0.4, 0.5) is 0 Å². The van der Waals surface area contributed by atoms with Gasteiger partial charge >= 0.3 is 0 Å². The predicted molar refractivity (Wildman–Crippen MR) is 137 cm³/mol. The highest BCUT2D eigenvalue weighted by Crippen LogP contribution is 2.40. The van der Waals surface area contributed by atoms with Gasteiger partial charge in [-0.1, -0.05) is 91.0 Å². The third-order valence-electron chi connectivity index (χ3n) is 7.40. The number of carbonyl (C=O) groups is 1. The molecule has 1 heterocycles. The molecule has 0 bridgehead atoms. The number of primary amides is 1. The van der Waals surface area contributed by atoms with Crippen molar-refractivity contribution in [2.75, 3.05) is 13.1 Å². The number of nitrogens with two attached hydrogens (primary N) is 1. The highest BCUT2D eigenvalue weighted by Gasteiger charge is 2.43. The Morgan fingerprint density at radius 1 is 0.882 bits per heavy atom. The lowest BCUT2D eigenvalue weighted by Gasteiger charge is -2.40. The van der Waals surface area contributed by atoms with Crippen molar-refractivity contribution in [3.8, 4) is 0 Å². The number of likely N-dealkylation sites (tertiary alicyclic amines) is 1. The van der Waals surface area contributed by atoms with E-state index in [-0.39, 0.29) is 17.6 Å². The molecule has 3 aromatic rings. The van der Waals surface area contributed by atoms with Gasteiger partial charge in [0.1, 0.15) is 0 Å². The van der Waals surface area contributed by atoms with E-state index in [2.05, 4.69) is 30.9 Å². The molecule has 4 nitrogen and oxygen atoms in total. The van der Waals surface area contributed by atoms with Gasteiger partial charge in [0.15, 0.2) is 0 Å². The summed E-state index contributed by atoms with van der Waals surface area (Å²) in [7, 11) is 0. The van der Waals surface area contributed by atoms with E-state index in [4.69, 9.17) is 10.5 Å². The lowest BCUT2D eigenvalue weighted by atomic mass is 9.69. The summed E-state index contributed by atoms with van der Waals surface area (Å²) in [6.45, 7) is 7.09. The second kappa shape index (κ2) is 10.5. The summed E-state index contributed by atoms with van der Waals surface area (Å²) in [6, 6.07) is 30.3. The van der Waals surface area contributed by atoms with E-state index in [0.717, 1.165) is 37.1 Å². The van der Waals surface area contributed by atoms with E-state index in [1.165, 1.54) is 5.56 Å². The topological polar surface area (TPSA) is 55.6 Å². The minimum atomic E-state index is -0.858. The smallest absolute Gasteiger partial charge is 0.232 e. The molecule has 1 amide bonds. The van der Waals surface area contributed by atoms with Crippen molar-refractivity contribution in [2.45, 2.75) is 56.8 Å². The van der Waals surface area contributed by atoms with Gasteiger partial charge in [0.05, 0.1) is 18.1 Å². The molecule has 1 fully saturated rings. The first-order valence-corrected chi connectivity index (χ1v) is 12.2. The maximum atomic E-state index is 13.1.